The molecule has 1 heterocycles. The van der Waals surface area contributed by atoms with Crippen LogP contribution in [0, 0.1) is 25.5 Å². The van der Waals surface area contributed by atoms with Crippen molar-refractivity contribution in [1.29, 1.82) is 0 Å². The van der Waals surface area contributed by atoms with Crippen LogP contribution >= 0.6 is 0 Å². The molecule has 3 rings (SSSR count). The molecule has 0 aliphatic carbocycles. The molecule has 0 fully saturated rings. The minimum Gasteiger partial charge on any atom is -0.405 e. The second-order valence-electron chi connectivity index (χ2n) is 6.30. The summed E-state index contributed by atoms with van der Waals surface area (Å²) in [5, 5.41) is 8.58. The first-order chi connectivity index (χ1) is 13.8. The van der Waals surface area contributed by atoms with E-state index in [1.165, 1.54) is 26.0 Å². The Morgan fingerprint density at radius 2 is 1.73 bits per heavy atom. The van der Waals surface area contributed by atoms with Gasteiger partial charge in [-0.05, 0) is 37.6 Å². The van der Waals surface area contributed by atoms with Crippen LogP contribution in [-0.2, 0) is 10.0 Å². The van der Waals surface area contributed by atoms with Crippen molar-refractivity contribution < 1.29 is 39.6 Å². The van der Waals surface area contributed by atoms with E-state index in [-0.39, 0.29) is 28.1 Å². The van der Waals surface area contributed by atoms with E-state index in [4.69, 9.17) is 9.66 Å². The van der Waals surface area contributed by atoms with Gasteiger partial charge < -0.3 is 9.26 Å². The van der Waals surface area contributed by atoms with Crippen molar-refractivity contribution in [3.05, 3.63) is 53.3 Å². The van der Waals surface area contributed by atoms with Crippen molar-refractivity contribution in [2.75, 3.05) is 0 Å². The van der Waals surface area contributed by atoms with E-state index >= 15 is 0 Å². The number of hydrogen-bond acceptors (Lipinski definition) is 5. The number of primary sulfonamides is 1. The van der Waals surface area contributed by atoms with E-state index in [2.05, 4.69) is 9.89 Å². The number of ether oxygens (including phenoxy) is 1. The lowest BCUT2D eigenvalue weighted by Gasteiger charge is -2.13. The Labute approximate surface area is 167 Å². The topological polar surface area (TPSA) is 95.4 Å². The van der Waals surface area contributed by atoms with Crippen LogP contribution in [0.4, 0.5) is 22.0 Å². The summed E-state index contributed by atoms with van der Waals surface area (Å²) >= 11 is 0. The molecule has 2 aromatic carbocycles. The van der Waals surface area contributed by atoms with Crippen molar-refractivity contribution in [1.82, 2.24) is 5.16 Å². The fourth-order valence-corrected chi connectivity index (χ4v) is 3.41. The summed E-state index contributed by atoms with van der Waals surface area (Å²) in [7, 11) is -4.52. The Kier molecular flexibility index (Phi) is 5.33. The normalized spacial score (nSPS) is 12.3. The molecule has 1 aromatic heterocycles. The third-order valence-electron chi connectivity index (χ3n) is 4.15. The maximum atomic E-state index is 14.6. The smallest absolute Gasteiger partial charge is 0.405 e. The highest BCUT2D eigenvalue weighted by atomic mass is 32.2. The molecule has 0 spiro atoms. The van der Waals surface area contributed by atoms with Crippen LogP contribution < -0.4 is 9.88 Å². The molecule has 0 aliphatic heterocycles. The first-order valence-corrected chi connectivity index (χ1v) is 9.68. The third-order valence-corrected chi connectivity index (χ3v) is 5.07. The van der Waals surface area contributed by atoms with Crippen LogP contribution in [0.2, 0.25) is 0 Å². The average molecular weight is 448 g/mol. The minimum absolute atomic E-state index is 0.0190. The molecule has 12 heteroatoms. The number of rotatable bonds is 4. The zero-order valence-electron chi connectivity index (χ0n) is 15.3. The molecule has 3 aromatic rings. The molecule has 160 valence electrons. The van der Waals surface area contributed by atoms with Gasteiger partial charge in [0, 0.05) is 11.1 Å². The van der Waals surface area contributed by atoms with Gasteiger partial charge in [0.1, 0.15) is 33.7 Å². The van der Waals surface area contributed by atoms with Crippen LogP contribution in [0.25, 0.3) is 22.4 Å². The van der Waals surface area contributed by atoms with Crippen LogP contribution in [0.3, 0.4) is 0 Å². The number of nitrogens with zero attached hydrogens (tertiary/aromatic N) is 1. The number of hydrogen-bond donors (Lipinski definition) is 1. The zero-order valence-corrected chi connectivity index (χ0v) is 16.2. The Morgan fingerprint density at radius 1 is 1.07 bits per heavy atom. The Bertz CT molecular complexity index is 1240. The number of nitrogens with two attached hydrogens (primary N) is 1. The SMILES string of the molecule is Cc1ccc(-c2noc(C)c2-c2cc(F)c(S(N)(=O)=O)cc2F)cc1OC(F)(F)F. The molecule has 0 bridgehead atoms. The van der Waals surface area contributed by atoms with Gasteiger partial charge in [-0.25, -0.2) is 22.3 Å². The zero-order chi connectivity index (χ0) is 22.4. The van der Waals surface area contributed by atoms with Crippen molar-refractivity contribution in [2.24, 2.45) is 5.14 Å². The van der Waals surface area contributed by atoms with Gasteiger partial charge >= 0.3 is 6.36 Å². The average Bonchev–Trinajstić information content (AvgIpc) is 2.98. The summed E-state index contributed by atoms with van der Waals surface area (Å²) in [4.78, 5) is -1.05. The highest BCUT2D eigenvalue weighted by molar-refractivity contribution is 7.89. The van der Waals surface area contributed by atoms with Gasteiger partial charge in [-0.3, -0.25) is 0 Å². The highest BCUT2D eigenvalue weighted by Gasteiger charge is 2.32. The molecule has 0 radical (unpaired) electrons. The van der Waals surface area contributed by atoms with Gasteiger partial charge in [0.05, 0.1) is 5.56 Å². The van der Waals surface area contributed by atoms with Gasteiger partial charge in [-0.2, -0.15) is 0 Å². The molecule has 0 atom stereocenters. The molecular formula is C18H13F5N2O4S. The van der Waals surface area contributed by atoms with E-state index < -0.39 is 44.2 Å². The van der Waals surface area contributed by atoms with Crippen molar-refractivity contribution in [2.45, 2.75) is 25.1 Å². The van der Waals surface area contributed by atoms with Gasteiger partial charge in [-0.15, -0.1) is 13.2 Å². The lowest BCUT2D eigenvalue weighted by molar-refractivity contribution is -0.274. The second kappa shape index (κ2) is 7.36. The molecule has 2 N–H and O–H groups in total. The molecule has 6 nitrogen and oxygen atoms in total. The molecule has 0 amide bonds. The summed E-state index contributed by atoms with van der Waals surface area (Å²) < 4.78 is 98.5. The predicted octanol–water partition coefficient (Wildman–Crippen LogP) is 4.45. The summed E-state index contributed by atoms with van der Waals surface area (Å²) in [6.07, 6.45) is -4.94. The standard InChI is InChI=1S/C18H13F5N2O4S/c1-8-3-4-10(5-14(8)28-18(21,22)23)17-16(9(2)29-25-17)11-6-13(20)15(7-12(11)19)30(24,26)27/h3-7H,1-2H3,(H2,24,26,27). The fraction of sp³-hybridized carbons (Fsp3) is 0.167. The van der Waals surface area contributed by atoms with E-state index in [1.807, 2.05) is 0 Å². The number of aromatic nitrogens is 1. The molecule has 0 unspecified atom stereocenters. The monoisotopic (exact) mass is 448 g/mol. The van der Waals surface area contributed by atoms with E-state index in [0.29, 0.717) is 12.1 Å². The predicted molar refractivity (Wildman–Crippen MR) is 94.8 cm³/mol. The Morgan fingerprint density at radius 3 is 2.33 bits per heavy atom. The van der Waals surface area contributed by atoms with Crippen molar-refractivity contribution in [3.8, 4) is 28.1 Å². The number of alkyl halides is 3. The third kappa shape index (κ3) is 4.28. The second-order valence-corrected chi connectivity index (χ2v) is 7.83. The van der Waals surface area contributed by atoms with E-state index in [9.17, 15) is 30.4 Å². The van der Waals surface area contributed by atoms with Crippen LogP contribution in [0.1, 0.15) is 11.3 Å². The number of aryl methyl sites for hydroxylation is 2. The number of halogens is 5. The largest absolute Gasteiger partial charge is 0.573 e. The van der Waals surface area contributed by atoms with Gasteiger partial charge in [0.25, 0.3) is 0 Å². The highest BCUT2D eigenvalue weighted by Crippen LogP contribution is 2.39. The first-order valence-electron chi connectivity index (χ1n) is 8.13. The summed E-state index contributed by atoms with van der Waals surface area (Å²) in [5.41, 5.74) is -0.336. The summed E-state index contributed by atoms with van der Waals surface area (Å²) in [6, 6.07) is 4.75. The summed E-state index contributed by atoms with van der Waals surface area (Å²) in [6.45, 7) is 2.76. The molecular weight excluding hydrogens is 435 g/mol. The van der Waals surface area contributed by atoms with Crippen molar-refractivity contribution in [3.63, 3.8) is 0 Å². The Balaban J connectivity index is 2.19. The Hall–Kier alpha value is -2.99. The van der Waals surface area contributed by atoms with Crippen LogP contribution in [-0.4, -0.2) is 19.9 Å². The van der Waals surface area contributed by atoms with Crippen molar-refractivity contribution >= 4 is 10.0 Å². The molecule has 30 heavy (non-hydrogen) atoms. The van der Waals surface area contributed by atoms with Gasteiger partial charge in [0.2, 0.25) is 10.0 Å². The molecule has 0 saturated heterocycles. The first kappa shape index (κ1) is 21.7. The lowest BCUT2D eigenvalue weighted by atomic mass is 9.98. The molecule has 0 aliphatic rings. The van der Waals surface area contributed by atoms with Gasteiger partial charge in [0.15, 0.2) is 0 Å². The quantitative estimate of drug-likeness (QED) is 0.595. The van der Waals surface area contributed by atoms with Crippen LogP contribution in [0.5, 0.6) is 5.75 Å². The molecule has 0 saturated carbocycles. The lowest BCUT2D eigenvalue weighted by Crippen LogP contribution is -2.17. The number of sulfonamides is 1. The van der Waals surface area contributed by atoms with Gasteiger partial charge in [-0.1, -0.05) is 17.3 Å². The maximum absolute atomic E-state index is 14.6. The van der Waals surface area contributed by atoms with E-state index in [1.54, 1.807) is 0 Å². The van der Waals surface area contributed by atoms with E-state index in [0.717, 1.165) is 6.07 Å². The van der Waals surface area contributed by atoms with Crippen LogP contribution in [0.15, 0.2) is 39.8 Å². The fourth-order valence-electron chi connectivity index (χ4n) is 2.81. The summed E-state index contributed by atoms with van der Waals surface area (Å²) in [5.74, 6) is -2.95. The maximum Gasteiger partial charge on any atom is 0.573 e. The number of benzene rings is 2. The minimum atomic E-state index is -4.94.